The lowest BCUT2D eigenvalue weighted by Crippen LogP contribution is -2.46. The molecule has 1 aliphatic heterocycles. The van der Waals surface area contributed by atoms with E-state index in [9.17, 15) is 9.90 Å². The number of carbonyl (C=O) groups is 1. The summed E-state index contributed by atoms with van der Waals surface area (Å²) in [4.78, 5) is 14.6. The van der Waals surface area contributed by atoms with Gasteiger partial charge in [0.1, 0.15) is 5.75 Å². The van der Waals surface area contributed by atoms with Crippen molar-refractivity contribution in [3.8, 4) is 5.75 Å². The van der Waals surface area contributed by atoms with Crippen molar-refractivity contribution in [2.45, 2.75) is 38.6 Å². The van der Waals surface area contributed by atoms with E-state index in [-0.39, 0.29) is 11.7 Å². The first kappa shape index (κ1) is 16.5. The number of carbonyl (C=O) groups excluding carboxylic acids is 1. The molecule has 21 heavy (non-hydrogen) atoms. The second-order valence-corrected chi connectivity index (χ2v) is 6.81. The zero-order valence-electron chi connectivity index (χ0n) is 12.4. The summed E-state index contributed by atoms with van der Waals surface area (Å²) in [6.45, 7) is 4.55. The molecule has 2 N–H and O–H groups in total. The fourth-order valence-corrected chi connectivity index (χ4v) is 3.23. The Balaban J connectivity index is 2.12. The smallest absolute Gasteiger partial charge is 0.257 e. The second kappa shape index (κ2) is 7.98. The van der Waals surface area contributed by atoms with Gasteiger partial charge in [0.15, 0.2) is 0 Å². The first-order valence-corrected chi connectivity index (χ1v) is 8.71. The Morgan fingerprint density at radius 1 is 1.48 bits per heavy atom. The standard InChI is InChI=1S/C16H23IN2O2/c1-2-9-19(11-13-5-3-4-8-18-13)16(21)14-10-12(17)6-7-15(14)20/h6-7,10,13,18,20H,2-5,8-9,11H2,1H3. The van der Waals surface area contributed by atoms with Gasteiger partial charge in [0.05, 0.1) is 5.56 Å². The van der Waals surface area contributed by atoms with Crippen LogP contribution in [0.4, 0.5) is 0 Å². The van der Waals surface area contributed by atoms with Crippen molar-refractivity contribution < 1.29 is 9.90 Å². The van der Waals surface area contributed by atoms with Gasteiger partial charge in [-0.3, -0.25) is 4.79 Å². The van der Waals surface area contributed by atoms with Gasteiger partial charge in [0.2, 0.25) is 0 Å². The summed E-state index contributed by atoms with van der Waals surface area (Å²) < 4.78 is 0.959. The van der Waals surface area contributed by atoms with Gasteiger partial charge in [-0.05, 0) is 66.6 Å². The van der Waals surface area contributed by atoms with Crippen LogP contribution in [0.3, 0.4) is 0 Å². The molecule has 0 aliphatic carbocycles. The van der Waals surface area contributed by atoms with E-state index in [0.29, 0.717) is 11.6 Å². The number of aromatic hydroxyl groups is 1. The lowest BCUT2D eigenvalue weighted by atomic mass is 10.0. The minimum atomic E-state index is -0.0692. The summed E-state index contributed by atoms with van der Waals surface area (Å²) in [6, 6.07) is 5.53. The molecule has 0 saturated carbocycles. The molecule has 1 aliphatic rings. The van der Waals surface area contributed by atoms with Crippen molar-refractivity contribution in [2.75, 3.05) is 19.6 Å². The number of piperidine rings is 1. The van der Waals surface area contributed by atoms with Crippen molar-refractivity contribution in [3.05, 3.63) is 27.3 Å². The van der Waals surface area contributed by atoms with Gasteiger partial charge >= 0.3 is 0 Å². The number of nitrogens with one attached hydrogen (secondary N) is 1. The monoisotopic (exact) mass is 402 g/mol. The molecule has 5 heteroatoms. The summed E-state index contributed by atoms with van der Waals surface area (Å²) in [7, 11) is 0. The summed E-state index contributed by atoms with van der Waals surface area (Å²) in [5.74, 6) is -0.00152. The van der Waals surface area contributed by atoms with Crippen molar-refractivity contribution in [2.24, 2.45) is 0 Å². The van der Waals surface area contributed by atoms with E-state index in [2.05, 4.69) is 34.8 Å². The molecule has 0 spiro atoms. The van der Waals surface area contributed by atoms with Crippen LogP contribution in [0, 0.1) is 3.57 Å². The minimum absolute atomic E-state index is 0.0677. The van der Waals surface area contributed by atoms with Gasteiger partial charge in [-0.15, -0.1) is 0 Å². The molecule has 1 fully saturated rings. The summed E-state index contributed by atoms with van der Waals surface area (Å²) in [5.41, 5.74) is 0.408. The molecule has 1 heterocycles. The molecule has 4 nitrogen and oxygen atoms in total. The average molecular weight is 402 g/mol. The Morgan fingerprint density at radius 3 is 2.95 bits per heavy atom. The third-order valence-electron chi connectivity index (χ3n) is 3.82. The van der Waals surface area contributed by atoms with Crippen LogP contribution in [0.5, 0.6) is 5.75 Å². The van der Waals surface area contributed by atoms with E-state index in [1.165, 1.54) is 12.8 Å². The number of phenolic OH excluding ortho intramolecular Hbond substituents is 1. The molecule has 0 radical (unpaired) electrons. The molecule has 1 unspecified atom stereocenters. The maximum Gasteiger partial charge on any atom is 0.257 e. The molecule has 2 rings (SSSR count). The minimum Gasteiger partial charge on any atom is -0.507 e. The Labute approximate surface area is 140 Å². The lowest BCUT2D eigenvalue weighted by molar-refractivity contribution is 0.0728. The van der Waals surface area contributed by atoms with Crippen molar-refractivity contribution in [1.29, 1.82) is 0 Å². The van der Waals surface area contributed by atoms with E-state index in [4.69, 9.17) is 0 Å². The third kappa shape index (κ3) is 4.57. The van der Waals surface area contributed by atoms with Gasteiger partial charge in [0, 0.05) is 22.7 Å². The zero-order chi connectivity index (χ0) is 15.2. The van der Waals surface area contributed by atoms with Gasteiger partial charge in [0.25, 0.3) is 5.91 Å². The van der Waals surface area contributed by atoms with Crippen LogP contribution in [0.1, 0.15) is 43.0 Å². The Hall–Kier alpha value is -0.820. The van der Waals surface area contributed by atoms with Crippen LogP contribution in [-0.2, 0) is 0 Å². The van der Waals surface area contributed by atoms with Crippen LogP contribution in [0.2, 0.25) is 0 Å². The molecule has 0 aromatic heterocycles. The first-order chi connectivity index (χ1) is 10.1. The van der Waals surface area contributed by atoms with Crippen LogP contribution in [-0.4, -0.2) is 41.6 Å². The number of halogens is 1. The third-order valence-corrected chi connectivity index (χ3v) is 4.49. The lowest BCUT2D eigenvalue weighted by Gasteiger charge is -2.30. The molecule has 1 aromatic carbocycles. The van der Waals surface area contributed by atoms with E-state index >= 15 is 0 Å². The Kier molecular flexibility index (Phi) is 6.29. The fourth-order valence-electron chi connectivity index (χ4n) is 2.74. The van der Waals surface area contributed by atoms with Crippen LogP contribution >= 0.6 is 22.6 Å². The highest BCUT2D eigenvalue weighted by atomic mass is 127. The summed E-state index contributed by atoms with van der Waals surface area (Å²) in [6.07, 6.45) is 4.48. The van der Waals surface area contributed by atoms with Crippen molar-refractivity contribution >= 4 is 28.5 Å². The number of benzene rings is 1. The molecule has 1 atom stereocenters. The maximum atomic E-state index is 12.7. The first-order valence-electron chi connectivity index (χ1n) is 7.63. The van der Waals surface area contributed by atoms with E-state index < -0.39 is 0 Å². The Morgan fingerprint density at radius 2 is 2.29 bits per heavy atom. The van der Waals surface area contributed by atoms with Crippen LogP contribution < -0.4 is 5.32 Å². The SMILES string of the molecule is CCCN(CC1CCCCN1)C(=O)c1cc(I)ccc1O. The number of rotatable bonds is 5. The highest BCUT2D eigenvalue weighted by Gasteiger charge is 2.23. The van der Waals surface area contributed by atoms with E-state index in [1.54, 1.807) is 18.2 Å². The molecular weight excluding hydrogens is 379 g/mol. The van der Waals surface area contributed by atoms with Crippen molar-refractivity contribution in [3.63, 3.8) is 0 Å². The number of amides is 1. The van der Waals surface area contributed by atoms with Gasteiger partial charge in [-0.2, -0.15) is 0 Å². The average Bonchev–Trinajstić information content (AvgIpc) is 2.49. The molecule has 116 valence electrons. The van der Waals surface area contributed by atoms with Gasteiger partial charge in [-0.25, -0.2) is 0 Å². The van der Waals surface area contributed by atoms with E-state index in [0.717, 1.165) is 36.0 Å². The van der Waals surface area contributed by atoms with Crippen LogP contribution in [0.25, 0.3) is 0 Å². The van der Waals surface area contributed by atoms with E-state index in [1.807, 2.05) is 4.90 Å². The molecule has 1 aromatic rings. The quantitative estimate of drug-likeness (QED) is 0.745. The predicted molar refractivity (Wildman–Crippen MR) is 92.7 cm³/mol. The van der Waals surface area contributed by atoms with Crippen molar-refractivity contribution in [1.82, 2.24) is 10.2 Å². The highest BCUT2D eigenvalue weighted by Crippen LogP contribution is 2.22. The normalized spacial score (nSPS) is 18.5. The number of hydrogen-bond donors (Lipinski definition) is 2. The summed E-state index contributed by atoms with van der Waals surface area (Å²) in [5, 5.41) is 13.4. The Bertz CT molecular complexity index is 487. The number of hydrogen-bond acceptors (Lipinski definition) is 3. The molecule has 0 bridgehead atoms. The number of nitrogens with zero attached hydrogens (tertiary/aromatic N) is 1. The summed E-state index contributed by atoms with van der Waals surface area (Å²) >= 11 is 2.16. The zero-order valence-corrected chi connectivity index (χ0v) is 14.6. The topological polar surface area (TPSA) is 52.6 Å². The maximum absolute atomic E-state index is 12.7. The second-order valence-electron chi connectivity index (χ2n) is 5.56. The molecule has 1 amide bonds. The van der Waals surface area contributed by atoms with Gasteiger partial charge < -0.3 is 15.3 Å². The van der Waals surface area contributed by atoms with Gasteiger partial charge in [-0.1, -0.05) is 13.3 Å². The number of phenols is 1. The van der Waals surface area contributed by atoms with Crippen LogP contribution in [0.15, 0.2) is 18.2 Å². The highest BCUT2D eigenvalue weighted by molar-refractivity contribution is 14.1. The molecule has 1 saturated heterocycles. The largest absolute Gasteiger partial charge is 0.507 e. The predicted octanol–water partition coefficient (Wildman–Crippen LogP) is 2.99. The molecular formula is C16H23IN2O2. The fraction of sp³-hybridized carbons (Fsp3) is 0.562.